The van der Waals surface area contributed by atoms with Gasteiger partial charge >= 0.3 is 0 Å². The van der Waals surface area contributed by atoms with Gasteiger partial charge in [0, 0.05) is 52.5 Å². The molecule has 0 unspecified atom stereocenters. The second-order valence-electron chi connectivity index (χ2n) is 8.58. The smallest absolute Gasteiger partial charge is 0.191 e. The Morgan fingerprint density at radius 3 is 2.43 bits per heavy atom. The van der Waals surface area contributed by atoms with Crippen LogP contribution in [0, 0.1) is 0 Å². The van der Waals surface area contributed by atoms with E-state index in [4.69, 9.17) is 4.74 Å². The summed E-state index contributed by atoms with van der Waals surface area (Å²) in [6.45, 7) is 9.68. The van der Waals surface area contributed by atoms with Crippen LogP contribution in [-0.2, 0) is 4.74 Å². The summed E-state index contributed by atoms with van der Waals surface area (Å²) in [4.78, 5) is 12.0. The number of aliphatic imine (C=N–C) groups is 1. The number of ether oxygens (including phenoxy) is 1. The van der Waals surface area contributed by atoms with Gasteiger partial charge in [-0.3, -0.25) is 9.89 Å². The Hall–Kier alpha value is -0.890. The molecule has 164 valence electrons. The highest BCUT2D eigenvalue weighted by molar-refractivity contribution is 5.79. The Balaban J connectivity index is 1.79. The molecule has 2 fully saturated rings. The van der Waals surface area contributed by atoms with Gasteiger partial charge in [0.25, 0.3) is 0 Å². The number of nitrogens with one attached hydrogen (secondary N) is 2. The van der Waals surface area contributed by atoms with Gasteiger partial charge in [0.15, 0.2) is 5.96 Å². The highest BCUT2D eigenvalue weighted by atomic mass is 16.5. The molecule has 0 aromatic heterocycles. The van der Waals surface area contributed by atoms with Crippen molar-refractivity contribution in [1.29, 1.82) is 0 Å². The second kappa shape index (κ2) is 12.6. The zero-order valence-corrected chi connectivity index (χ0v) is 18.8. The minimum atomic E-state index is 0.279. The van der Waals surface area contributed by atoms with Crippen molar-refractivity contribution in [2.75, 3.05) is 87.2 Å². The van der Waals surface area contributed by atoms with E-state index in [9.17, 15) is 0 Å². The number of hydrogen-bond acceptors (Lipinski definition) is 5. The van der Waals surface area contributed by atoms with Crippen LogP contribution in [0.3, 0.4) is 0 Å². The third kappa shape index (κ3) is 7.50. The van der Waals surface area contributed by atoms with Gasteiger partial charge in [-0.25, -0.2) is 0 Å². The average molecular weight is 397 g/mol. The van der Waals surface area contributed by atoms with Gasteiger partial charge in [-0.05, 0) is 72.4 Å². The van der Waals surface area contributed by atoms with E-state index in [2.05, 4.69) is 44.4 Å². The van der Waals surface area contributed by atoms with Crippen molar-refractivity contribution in [2.24, 2.45) is 4.99 Å². The number of methoxy groups -OCH3 is 1. The van der Waals surface area contributed by atoms with Crippen LogP contribution >= 0.6 is 0 Å². The molecular formula is C21H44N6O. The van der Waals surface area contributed by atoms with Gasteiger partial charge in [0.2, 0.25) is 0 Å². The number of rotatable bonds is 10. The lowest BCUT2D eigenvalue weighted by Gasteiger charge is -2.50. The molecule has 0 bridgehead atoms. The number of hydrogen-bond donors (Lipinski definition) is 2. The first-order chi connectivity index (χ1) is 13.6. The fourth-order valence-electron chi connectivity index (χ4n) is 4.43. The maximum absolute atomic E-state index is 5.13. The molecule has 0 radical (unpaired) electrons. The number of piperidine rings is 2. The molecule has 0 aromatic carbocycles. The van der Waals surface area contributed by atoms with Crippen molar-refractivity contribution in [2.45, 2.75) is 44.1 Å². The third-order valence-electron chi connectivity index (χ3n) is 6.43. The first kappa shape index (κ1) is 23.4. The van der Waals surface area contributed by atoms with Crippen molar-refractivity contribution < 1.29 is 4.74 Å². The maximum atomic E-state index is 5.13. The maximum Gasteiger partial charge on any atom is 0.191 e. The highest BCUT2D eigenvalue weighted by Crippen LogP contribution is 2.30. The molecule has 7 heteroatoms. The summed E-state index contributed by atoms with van der Waals surface area (Å²) < 4.78 is 5.13. The van der Waals surface area contributed by atoms with Crippen molar-refractivity contribution in [1.82, 2.24) is 25.3 Å². The minimum absolute atomic E-state index is 0.279. The third-order valence-corrected chi connectivity index (χ3v) is 6.43. The van der Waals surface area contributed by atoms with E-state index < -0.39 is 0 Å². The van der Waals surface area contributed by atoms with Crippen molar-refractivity contribution in [3.05, 3.63) is 0 Å². The molecule has 2 saturated heterocycles. The Kier molecular flexibility index (Phi) is 10.5. The number of nitrogens with zero attached hydrogens (tertiary/aromatic N) is 4. The van der Waals surface area contributed by atoms with Crippen LogP contribution in [0.2, 0.25) is 0 Å². The molecule has 0 saturated carbocycles. The van der Waals surface area contributed by atoms with E-state index in [-0.39, 0.29) is 5.54 Å². The molecular weight excluding hydrogens is 352 g/mol. The molecule has 0 aromatic rings. The van der Waals surface area contributed by atoms with E-state index in [0.717, 1.165) is 45.2 Å². The van der Waals surface area contributed by atoms with Crippen LogP contribution in [0.5, 0.6) is 0 Å². The Bertz CT molecular complexity index is 444. The molecule has 28 heavy (non-hydrogen) atoms. The van der Waals surface area contributed by atoms with Gasteiger partial charge in [0.1, 0.15) is 0 Å². The molecule has 0 aliphatic carbocycles. The lowest BCUT2D eigenvalue weighted by molar-refractivity contribution is 0.0173. The first-order valence-corrected chi connectivity index (χ1v) is 11.2. The largest absolute Gasteiger partial charge is 0.385 e. The fraction of sp³-hybridized carbons (Fsp3) is 0.952. The van der Waals surface area contributed by atoms with E-state index in [1.54, 1.807) is 7.11 Å². The van der Waals surface area contributed by atoms with Crippen LogP contribution < -0.4 is 10.6 Å². The van der Waals surface area contributed by atoms with Gasteiger partial charge in [-0.1, -0.05) is 6.42 Å². The molecule has 2 N–H and O–H groups in total. The predicted octanol–water partition coefficient (Wildman–Crippen LogP) is 1.07. The van der Waals surface area contributed by atoms with Gasteiger partial charge < -0.3 is 25.2 Å². The zero-order valence-electron chi connectivity index (χ0n) is 18.8. The predicted molar refractivity (Wildman–Crippen MR) is 118 cm³/mol. The fourth-order valence-corrected chi connectivity index (χ4v) is 4.43. The Morgan fingerprint density at radius 2 is 1.79 bits per heavy atom. The molecule has 2 heterocycles. The lowest BCUT2D eigenvalue weighted by atomic mass is 9.84. The van der Waals surface area contributed by atoms with E-state index in [0.29, 0.717) is 0 Å². The minimum Gasteiger partial charge on any atom is -0.385 e. The summed E-state index contributed by atoms with van der Waals surface area (Å²) in [6.07, 6.45) is 7.65. The molecule has 7 nitrogen and oxygen atoms in total. The topological polar surface area (TPSA) is 55.4 Å². The molecule has 2 rings (SSSR count). The molecule has 2 aliphatic rings. The standard InChI is InChI=1S/C21H44N6O/c1-22-20(23-11-17-25(2)12-8-18-28-4)24-19-21(9-15-26(3)16-10-21)27-13-6-5-7-14-27/h5-19H2,1-4H3,(H2,22,23,24). The van der Waals surface area contributed by atoms with Crippen LogP contribution in [0.4, 0.5) is 0 Å². The summed E-state index contributed by atoms with van der Waals surface area (Å²) in [5.41, 5.74) is 0.279. The Morgan fingerprint density at radius 1 is 1.07 bits per heavy atom. The van der Waals surface area contributed by atoms with Gasteiger partial charge in [-0.2, -0.15) is 0 Å². The van der Waals surface area contributed by atoms with Crippen LogP contribution in [-0.4, -0.2) is 113 Å². The number of guanidine groups is 1. The van der Waals surface area contributed by atoms with Crippen molar-refractivity contribution >= 4 is 5.96 Å². The van der Waals surface area contributed by atoms with Crippen molar-refractivity contribution in [3.63, 3.8) is 0 Å². The van der Waals surface area contributed by atoms with Gasteiger partial charge in [0.05, 0.1) is 0 Å². The number of likely N-dealkylation sites (tertiary alicyclic amines) is 2. The SMILES string of the molecule is CN=C(NCCN(C)CCCOC)NCC1(N2CCCCC2)CCN(C)CC1. The monoisotopic (exact) mass is 396 g/mol. The van der Waals surface area contributed by atoms with E-state index in [1.807, 2.05) is 7.05 Å². The summed E-state index contributed by atoms with van der Waals surface area (Å²) in [7, 11) is 8.05. The Labute approximate surface area is 172 Å². The van der Waals surface area contributed by atoms with Crippen molar-refractivity contribution in [3.8, 4) is 0 Å². The normalized spacial score (nSPS) is 21.8. The highest BCUT2D eigenvalue weighted by Gasteiger charge is 2.39. The quantitative estimate of drug-likeness (QED) is 0.327. The molecule has 0 amide bonds. The second-order valence-corrected chi connectivity index (χ2v) is 8.58. The lowest BCUT2D eigenvalue weighted by Crippen LogP contribution is -2.62. The average Bonchev–Trinajstić information content (AvgIpc) is 2.73. The summed E-state index contributed by atoms with van der Waals surface area (Å²) in [5, 5.41) is 7.15. The van der Waals surface area contributed by atoms with Crippen LogP contribution in [0.25, 0.3) is 0 Å². The summed E-state index contributed by atoms with van der Waals surface area (Å²) in [6, 6.07) is 0. The zero-order chi connectivity index (χ0) is 20.2. The number of likely N-dealkylation sites (N-methyl/N-ethyl adjacent to an activating group) is 1. The summed E-state index contributed by atoms with van der Waals surface area (Å²) >= 11 is 0. The van der Waals surface area contributed by atoms with Gasteiger partial charge in [-0.15, -0.1) is 0 Å². The molecule has 0 atom stereocenters. The van der Waals surface area contributed by atoms with E-state index in [1.165, 1.54) is 58.3 Å². The molecule has 2 aliphatic heterocycles. The van der Waals surface area contributed by atoms with Crippen LogP contribution in [0.15, 0.2) is 4.99 Å². The first-order valence-electron chi connectivity index (χ1n) is 11.2. The molecule has 0 spiro atoms. The van der Waals surface area contributed by atoms with E-state index >= 15 is 0 Å². The van der Waals surface area contributed by atoms with Crippen LogP contribution in [0.1, 0.15) is 38.5 Å². The summed E-state index contributed by atoms with van der Waals surface area (Å²) in [5.74, 6) is 0.931.